The van der Waals surface area contributed by atoms with Gasteiger partial charge in [-0.2, -0.15) is 0 Å². The summed E-state index contributed by atoms with van der Waals surface area (Å²) in [6.07, 6.45) is -1.43. The molecule has 1 aliphatic rings. The molecule has 0 radical (unpaired) electrons. The Morgan fingerprint density at radius 3 is 2.48 bits per heavy atom. The van der Waals surface area contributed by atoms with E-state index in [1.165, 1.54) is 0 Å². The number of benzene rings is 1. The second-order valence-corrected chi connectivity index (χ2v) is 4.49. The van der Waals surface area contributed by atoms with Crippen LogP contribution in [0.5, 0.6) is 11.5 Å². The number of hydrogen-bond donors (Lipinski definition) is 1. The highest BCUT2D eigenvalue weighted by molar-refractivity contribution is 5.79. The molecule has 114 valence electrons. The summed E-state index contributed by atoms with van der Waals surface area (Å²) >= 11 is 0. The van der Waals surface area contributed by atoms with E-state index >= 15 is 0 Å². The van der Waals surface area contributed by atoms with Crippen molar-refractivity contribution in [3.05, 3.63) is 24.3 Å². The molecule has 1 heterocycles. The van der Waals surface area contributed by atoms with Crippen LogP contribution in [0.4, 0.5) is 0 Å². The molecular formula is C14H17NO6. The minimum atomic E-state index is -0.730. The Labute approximate surface area is 121 Å². The Kier molecular flexibility index (Phi) is 5.13. The first-order valence-electron chi connectivity index (χ1n) is 6.53. The number of hydrogen-bond acceptors (Lipinski definition) is 6. The van der Waals surface area contributed by atoms with Crippen LogP contribution in [-0.4, -0.2) is 43.9 Å². The summed E-state index contributed by atoms with van der Waals surface area (Å²) in [5.41, 5.74) is 5.10. The first kappa shape index (κ1) is 15.3. The predicted molar refractivity (Wildman–Crippen MR) is 71.9 cm³/mol. The highest BCUT2D eigenvalue weighted by Gasteiger charge is 2.24. The fourth-order valence-corrected chi connectivity index (χ4v) is 1.65. The average Bonchev–Trinajstić information content (AvgIpc) is 2.50. The second-order valence-electron chi connectivity index (χ2n) is 4.49. The standard InChI is InChI=1S/C14H17NO6/c1-9(13(15)16)20-10-2-4-11(5-3-10)21-14(17)12-8-18-6-7-19-12/h2-5,9,12H,6-8H2,1H3,(H2,15,16)/t9-,12+/m1/s1. The van der Waals surface area contributed by atoms with E-state index in [9.17, 15) is 9.59 Å². The van der Waals surface area contributed by atoms with Gasteiger partial charge in [0.05, 0.1) is 19.8 Å². The fourth-order valence-electron chi connectivity index (χ4n) is 1.65. The molecule has 0 spiro atoms. The normalized spacial score (nSPS) is 19.6. The topological polar surface area (TPSA) is 97.1 Å². The van der Waals surface area contributed by atoms with Crippen molar-refractivity contribution < 1.29 is 28.5 Å². The first-order chi connectivity index (χ1) is 10.1. The van der Waals surface area contributed by atoms with Gasteiger partial charge in [-0.15, -0.1) is 0 Å². The van der Waals surface area contributed by atoms with Crippen LogP contribution in [-0.2, 0) is 19.1 Å². The number of carbonyl (C=O) groups is 2. The molecule has 1 aromatic rings. The van der Waals surface area contributed by atoms with Crippen LogP contribution >= 0.6 is 0 Å². The SMILES string of the molecule is C[C@@H](Oc1ccc(OC(=O)[C@@H]2COCCO2)cc1)C(N)=O. The van der Waals surface area contributed by atoms with Gasteiger partial charge in [0.2, 0.25) is 0 Å². The third-order valence-electron chi connectivity index (χ3n) is 2.83. The van der Waals surface area contributed by atoms with Crippen molar-refractivity contribution in [2.45, 2.75) is 19.1 Å². The minimum Gasteiger partial charge on any atom is -0.481 e. The lowest BCUT2D eigenvalue weighted by Crippen LogP contribution is -2.38. The zero-order chi connectivity index (χ0) is 15.2. The highest BCUT2D eigenvalue weighted by atomic mass is 16.6. The Hall–Kier alpha value is -2.12. The summed E-state index contributed by atoms with van der Waals surface area (Å²) in [6.45, 7) is 2.60. The van der Waals surface area contributed by atoms with Crippen LogP contribution < -0.4 is 15.2 Å². The monoisotopic (exact) mass is 295 g/mol. The van der Waals surface area contributed by atoms with Crippen LogP contribution in [0.15, 0.2) is 24.3 Å². The maximum Gasteiger partial charge on any atom is 0.343 e. The molecule has 0 aromatic heterocycles. The summed E-state index contributed by atoms with van der Waals surface area (Å²) in [4.78, 5) is 22.7. The molecule has 7 nitrogen and oxygen atoms in total. The molecule has 2 N–H and O–H groups in total. The molecule has 2 rings (SSSR count). The molecule has 21 heavy (non-hydrogen) atoms. The van der Waals surface area contributed by atoms with Gasteiger partial charge in [0, 0.05) is 0 Å². The molecule has 0 unspecified atom stereocenters. The van der Waals surface area contributed by atoms with Gasteiger partial charge < -0.3 is 24.7 Å². The molecule has 0 aliphatic carbocycles. The molecular weight excluding hydrogens is 278 g/mol. The smallest absolute Gasteiger partial charge is 0.343 e. The van der Waals surface area contributed by atoms with Crippen LogP contribution in [0.2, 0.25) is 0 Å². The van der Waals surface area contributed by atoms with E-state index in [0.29, 0.717) is 24.7 Å². The van der Waals surface area contributed by atoms with Gasteiger partial charge in [0.1, 0.15) is 11.5 Å². The lowest BCUT2D eigenvalue weighted by molar-refractivity contribution is -0.161. The molecule has 0 bridgehead atoms. The zero-order valence-electron chi connectivity index (χ0n) is 11.6. The third-order valence-corrected chi connectivity index (χ3v) is 2.83. The molecule has 1 aromatic carbocycles. The summed E-state index contributed by atoms with van der Waals surface area (Å²) in [7, 11) is 0. The van der Waals surface area contributed by atoms with E-state index < -0.39 is 24.1 Å². The molecule has 1 saturated heterocycles. The van der Waals surface area contributed by atoms with Gasteiger partial charge >= 0.3 is 5.97 Å². The van der Waals surface area contributed by atoms with Gasteiger partial charge in [0.25, 0.3) is 5.91 Å². The molecule has 1 fully saturated rings. The average molecular weight is 295 g/mol. The maximum absolute atomic E-state index is 11.8. The van der Waals surface area contributed by atoms with E-state index in [-0.39, 0.29) is 6.61 Å². The molecule has 7 heteroatoms. The van der Waals surface area contributed by atoms with Gasteiger partial charge in [-0.05, 0) is 31.2 Å². The van der Waals surface area contributed by atoms with Crippen LogP contribution in [0.25, 0.3) is 0 Å². The van der Waals surface area contributed by atoms with Crippen molar-refractivity contribution in [1.82, 2.24) is 0 Å². The van der Waals surface area contributed by atoms with Gasteiger partial charge in [-0.1, -0.05) is 0 Å². The van der Waals surface area contributed by atoms with Crippen LogP contribution in [0, 0.1) is 0 Å². The number of primary amides is 1. The van der Waals surface area contributed by atoms with Crippen molar-refractivity contribution in [3.8, 4) is 11.5 Å². The van der Waals surface area contributed by atoms with Crippen molar-refractivity contribution in [2.24, 2.45) is 5.73 Å². The molecule has 1 aliphatic heterocycles. The van der Waals surface area contributed by atoms with Crippen molar-refractivity contribution in [3.63, 3.8) is 0 Å². The summed E-state index contributed by atoms with van der Waals surface area (Å²) in [5.74, 6) is -0.250. The fraction of sp³-hybridized carbons (Fsp3) is 0.429. The molecule has 0 saturated carbocycles. The lowest BCUT2D eigenvalue weighted by atomic mass is 10.3. The van der Waals surface area contributed by atoms with E-state index in [1.807, 2.05) is 0 Å². The zero-order valence-corrected chi connectivity index (χ0v) is 11.6. The van der Waals surface area contributed by atoms with Crippen LogP contribution in [0.3, 0.4) is 0 Å². The number of rotatable bonds is 5. The van der Waals surface area contributed by atoms with Crippen molar-refractivity contribution in [1.29, 1.82) is 0 Å². The molecule has 2 atom stereocenters. The Balaban J connectivity index is 1.89. The van der Waals surface area contributed by atoms with E-state index in [4.69, 9.17) is 24.7 Å². The predicted octanol–water partition coefficient (Wildman–Crippen LogP) is 0.260. The van der Waals surface area contributed by atoms with Crippen molar-refractivity contribution in [2.75, 3.05) is 19.8 Å². The quantitative estimate of drug-likeness (QED) is 0.618. The largest absolute Gasteiger partial charge is 0.481 e. The van der Waals surface area contributed by atoms with E-state index in [0.717, 1.165) is 0 Å². The van der Waals surface area contributed by atoms with Gasteiger partial charge in [-0.25, -0.2) is 4.79 Å². The Morgan fingerprint density at radius 2 is 1.90 bits per heavy atom. The van der Waals surface area contributed by atoms with Crippen LogP contribution in [0.1, 0.15) is 6.92 Å². The lowest BCUT2D eigenvalue weighted by Gasteiger charge is -2.21. The number of carbonyl (C=O) groups excluding carboxylic acids is 2. The number of ether oxygens (including phenoxy) is 4. The Bertz CT molecular complexity index is 495. The number of amides is 1. The van der Waals surface area contributed by atoms with Gasteiger partial charge in [-0.3, -0.25) is 4.79 Å². The first-order valence-corrected chi connectivity index (χ1v) is 6.53. The highest BCUT2D eigenvalue weighted by Crippen LogP contribution is 2.19. The minimum absolute atomic E-state index is 0.191. The molecule has 1 amide bonds. The van der Waals surface area contributed by atoms with Crippen molar-refractivity contribution >= 4 is 11.9 Å². The maximum atomic E-state index is 11.8. The third kappa shape index (κ3) is 4.44. The summed E-state index contributed by atoms with van der Waals surface area (Å²) < 4.78 is 20.8. The summed E-state index contributed by atoms with van der Waals surface area (Å²) in [6, 6.07) is 6.29. The van der Waals surface area contributed by atoms with E-state index in [1.54, 1.807) is 31.2 Å². The number of nitrogens with two attached hydrogens (primary N) is 1. The number of esters is 1. The Morgan fingerprint density at radius 1 is 1.24 bits per heavy atom. The summed E-state index contributed by atoms with van der Waals surface area (Å²) in [5, 5.41) is 0. The van der Waals surface area contributed by atoms with Gasteiger partial charge in [0.15, 0.2) is 12.2 Å². The van der Waals surface area contributed by atoms with E-state index in [2.05, 4.69) is 0 Å². The second kappa shape index (κ2) is 7.05.